The second kappa shape index (κ2) is 9.12. The normalized spacial score (nSPS) is 11.6. The van der Waals surface area contributed by atoms with Crippen LogP contribution in [0.5, 0.6) is 0 Å². The molecule has 0 unspecified atom stereocenters. The molecule has 0 bridgehead atoms. The highest BCUT2D eigenvalue weighted by Gasteiger charge is 2.35. The molecule has 0 spiro atoms. The van der Waals surface area contributed by atoms with E-state index in [9.17, 15) is 22.4 Å². The van der Waals surface area contributed by atoms with Crippen molar-refractivity contribution >= 4 is 22.9 Å². The largest absolute Gasteiger partial charge is 0.433 e. The highest BCUT2D eigenvalue weighted by molar-refractivity contribution is 6.03. The van der Waals surface area contributed by atoms with Crippen molar-refractivity contribution in [3.05, 3.63) is 77.9 Å². The van der Waals surface area contributed by atoms with Crippen molar-refractivity contribution in [1.82, 2.24) is 14.6 Å². The number of fused-ring (bicyclic) bond motifs is 1. The number of rotatable bonds is 6. The summed E-state index contributed by atoms with van der Waals surface area (Å²) >= 11 is 0. The van der Waals surface area contributed by atoms with Crippen LogP contribution in [0.1, 0.15) is 30.0 Å². The number of nitrogens with zero attached hydrogens (tertiary/aromatic N) is 4. The van der Waals surface area contributed by atoms with Gasteiger partial charge in [-0.25, -0.2) is 13.9 Å². The summed E-state index contributed by atoms with van der Waals surface area (Å²) in [7, 11) is 0. The van der Waals surface area contributed by atoms with Crippen LogP contribution >= 0.6 is 0 Å². The molecular weight excluding hydrogens is 450 g/mol. The number of aromatic nitrogens is 3. The maximum Gasteiger partial charge on any atom is 0.433 e. The van der Waals surface area contributed by atoms with Gasteiger partial charge in [0.05, 0.1) is 5.69 Å². The van der Waals surface area contributed by atoms with Gasteiger partial charge in [0.15, 0.2) is 17.0 Å². The molecule has 34 heavy (non-hydrogen) atoms. The van der Waals surface area contributed by atoms with Gasteiger partial charge in [0.2, 0.25) is 0 Å². The average Bonchev–Trinajstić information content (AvgIpc) is 3.24. The fourth-order valence-electron chi connectivity index (χ4n) is 3.60. The third-order valence-corrected chi connectivity index (χ3v) is 5.34. The Morgan fingerprint density at radius 2 is 1.65 bits per heavy atom. The third kappa shape index (κ3) is 4.70. The maximum absolute atomic E-state index is 13.7. The van der Waals surface area contributed by atoms with Gasteiger partial charge in [-0.05, 0) is 68.4 Å². The minimum absolute atomic E-state index is 0.0151. The van der Waals surface area contributed by atoms with E-state index < -0.39 is 23.6 Å². The summed E-state index contributed by atoms with van der Waals surface area (Å²) in [5, 5.41) is 6.50. The first-order valence-electron chi connectivity index (χ1n) is 10.6. The molecule has 1 N–H and O–H groups in total. The molecule has 4 rings (SSSR count). The van der Waals surface area contributed by atoms with E-state index in [2.05, 4.69) is 20.3 Å². The molecule has 10 heteroatoms. The lowest BCUT2D eigenvalue weighted by atomic mass is 10.1. The van der Waals surface area contributed by atoms with E-state index in [4.69, 9.17) is 0 Å². The zero-order chi connectivity index (χ0) is 24.5. The van der Waals surface area contributed by atoms with Crippen LogP contribution in [0.2, 0.25) is 0 Å². The zero-order valence-electron chi connectivity index (χ0n) is 18.4. The van der Waals surface area contributed by atoms with Crippen molar-refractivity contribution in [3.63, 3.8) is 0 Å². The predicted molar refractivity (Wildman–Crippen MR) is 121 cm³/mol. The Balaban J connectivity index is 1.67. The van der Waals surface area contributed by atoms with Gasteiger partial charge < -0.3 is 10.2 Å². The van der Waals surface area contributed by atoms with Crippen LogP contribution in [0.25, 0.3) is 16.9 Å². The van der Waals surface area contributed by atoms with Gasteiger partial charge >= 0.3 is 6.18 Å². The minimum Gasteiger partial charge on any atom is -0.372 e. The van der Waals surface area contributed by atoms with Gasteiger partial charge in [-0.15, -0.1) is 0 Å². The second-order valence-electron chi connectivity index (χ2n) is 7.50. The molecule has 0 fully saturated rings. The van der Waals surface area contributed by atoms with Gasteiger partial charge in [0.25, 0.3) is 5.91 Å². The molecular formula is C24H21F4N5O. The van der Waals surface area contributed by atoms with Crippen molar-refractivity contribution in [2.75, 3.05) is 23.3 Å². The number of hydrogen-bond donors (Lipinski definition) is 1. The topological polar surface area (TPSA) is 62.5 Å². The predicted octanol–water partition coefficient (Wildman–Crippen LogP) is 5.65. The third-order valence-electron chi connectivity index (χ3n) is 5.34. The fraction of sp³-hybridized carbons (Fsp3) is 0.208. The standard InChI is InChI=1S/C24H21F4N5O/c1-3-32(4-2)18-11-9-17(10-12-18)29-23(34)20-14-22-30-19(15-5-7-16(25)8-6-15)13-21(24(26,27)28)33(22)31-20/h5-14H,3-4H2,1-2H3,(H,29,34). The summed E-state index contributed by atoms with van der Waals surface area (Å²) < 4.78 is 55.0. The van der Waals surface area contributed by atoms with Gasteiger partial charge in [-0.2, -0.15) is 18.3 Å². The number of nitrogens with one attached hydrogen (secondary N) is 1. The van der Waals surface area contributed by atoms with Crippen molar-refractivity contribution in [2.24, 2.45) is 0 Å². The summed E-state index contributed by atoms with van der Waals surface area (Å²) in [6.07, 6.45) is -4.75. The van der Waals surface area contributed by atoms with Crippen LogP contribution in [0.15, 0.2) is 60.7 Å². The second-order valence-corrected chi connectivity index (χ2v) is 7.50. The van der Waals surface area contributed by atoms with Gasteiger partial charge in [-0.3, -0.25) is 4.79 Å². The summed E-state index contributed by atoms with van der Waals surface area (Å²) in [5.41, 5.74) is 0.281. The molecule has 2 heterocycles. The Hall–Kier alpha value is -3.95. The van der Waals surface area contributed by atoms with E-state index >= 15 is 0 Å². The Bertz CT molecular complexity index is 1310. The molecule has 176 valence electrons. The summed E-state index contributed by atoms with van der Waals surface area (Å²) in [5.74, 6) is -1.19. The number of benzene rings is 2. The lowest BCUT2D eigenvalue weighted by molar-refractivity contribution is -0.142. The van der Waals surface area contributed by atoms with E-state index in [1.165, 1.54) is 18.2 Å². The Labute approximate surface area is 192 Å². The van der Waals surface area contributed by atoms with Crippen LogP contribution in [-0.4, -0.2) is 33.6 Å². The average molecular weight is 471 g/mol. The lowest BCUT2D eigenvalue weighted by Gasteiger charge is -2.21. The van der Waals surface area contributed by atoms with E-state index in [0.29, 0.717) is 15.8 Å². The molecule has 0 saturated carbocycles. The minimum atomic E-state index is -4.75. The molecule has 0 saturated heterocycles. The van der Waals surface area contributed by atoms with Crippen LogP contribution in [0.4, 0.5) is 28.9 Å². The van der Waals surface area contributed by atoms with Gasteiger partial charge in [0.1, 0.15) is 5.82 Å². The molecule has 4 aromatic rings. The van der Waals surface area contributed by atoms with Crippen molar-refractivity contribution in [3.8, 4) is 11.3 Å². The molecule has 1 amide bonds. The van der Waals surface area contributed by atoms with E-state index in [1.54, 1.807) is 12.1 Å². The fourth-order valence-corrected chi connectivity index (χ4v) is 3.60. The number of carbonyl (C=O) groups is 1. The maximum atomic E-state index is 13.7. The number of amides is 1. The first kappa shape index (κ1) is 23.2. The molecule has 0 aliphatic heterocycles. The van der Waals surface area contributed by atoms with Crippen molar-refractivity contribution in [1.29, 1.82) is 0 Å². The molecule has 0 aliphatic rings. The Morgan fingerprint density at radius 1 is 1.00 bits per heavy atom. The summed E-state index contributed by atoms with van der Waals surface area (Å²) in [6.45, 7) is 5.73. The van der Waals surface area contributed by atoms with Gasteiger partial charge in [-0.1, -0.05) is 0 Å². The number of anilines is 2. The first-order valence-corrected chi connectivity index (χ1v) is 10.6. The van der Waals surface area contributed by atoms with E-state index in [-0.39, 0.29) is 17.0 Å². The van der Waals surface area contributed by atoms with Crippen LogP contribution in [-0.2, 0) is 6.18 Å². The van der Waals surface area contributed by atoms with Crippen molar-refractivity contribution in [2.45, 2.75) is 20.0 Å². The highest BCUT2D eigenvalue weighted by Crippen LogP contribution is 2.32. The summed E-state index contributed by atoms with van der Waals surface area (Å²) in [6, 6.07) is 14.1. The van der Waals surface area contributed by atoms with E-state index in [0.717, 1.165) is 37.0 Å². The Kier molecular flexibility index (Phi) is 6.23. The first-order chi connectivity index (χ1) is 16.2. The monoisotopic (exact) mass is 471 g/mol. The SMILES string of the molecule is CCN(CC)c1ccc(NC(=O)c2cc3nc(-c4ccc(F)cc4)cc(C(F)(F)F)n3n2)cc1. The molecule has 0 atom stereocenters. The van der Waals surface area contributed by atoms with Crippen LogP contribution < -0.4 is 10.2 Å². The van der Waals surface area contributed by atoms with Crippen molar-refractivity contribution < 1.29 is 22.4 Å². The van der Waals surface area contributed by atoms with E-state index in [1.807, 2.05) is 26.0 Å². The molecule has 0 radical (unpaired) electrons. The van der Waals surface area contributed by atoms with Crippen LogP contribution in [0, 0.1) is 5.82 Å². The quantitative estimate of drug-likeness (QED) is 0.369. The summed E-state index contributed by atoms with van der Waals surface area (Å²) in [4.78, 5) is 19.1. The highest BCUT2D eigenvalue weighted by atomic mass is 19.4. The number of halogens is 4. The lowest BCUT2D eigenvalue weighted by Crippen LogP contribution is -2.21. The smallest absolute Gasteiger partial charge is 0.372 e. The van der Waals surface area contributed by atoms with Gasteiger partial charge in [0, 0.05) is 36.1 Å². The zero-order valence-corrected chi connectivity index (χ0v) is 18.4. The van der Waals surface area contributed by atoms with Crippen LogP contribution in [0.3, 0.4) is 0 Å². The molecule has 6 nitrogen and oxygen atoms in total. The number of alkyl halides is 3. The Morgan fingerprint density at radius 3 is 2.24 bits per heavy atom. The molecule has 2 aromatic carbocycles. The number of hydrogen-bond acceptors (Lipinski definition) is 4. The number of carbonyl (C=O) groups excluding carboxylic acids is 1. The molecule has 0 aliphatic carbocycles. The molecule has 2 aromatic heterocycles.